The van der Waals surface area contributed by atoms with E-state index in [1.54, 1.807) is 78.9 Å². The first-order valence-corrected chi connectivity index (χ1v) is 44.1. The lowest BCUT2D eigenvalue weighted by Crippen LogP contribution is -2.34. The smallest absolute Gasteiger partial charge is 0.275 e. The third-order valence-electron chi connectivity index (χ3n) is 26.2. The van der Waals surface area contributed by atoms with Crippen molar-refractivity contribution in [3.8, 4) is 56.3 Å². The molecule has 0 bridgehead atoms. The number of aromatic amines is 5. The van der Waals surface area contributed by atoms with Crippen molar-refractivity contribution in [3.63, 3.8) is 0 Å². The molecule has 0 aliphatic carbocycles. The van der Waals surface area contributed by atoms with Crippen molar-refractivity contribution < 1.29 is 91.5 Å². The fourth-order valence-corrected chi connectivity index (χ4v) is 19.9. The van der Waals surface area contributed by atoms with Gasteiger partial charge in [0.1, 0.15) is 79.5 Å². The fraction of sp³-hybridized carbons (Fsp3) is 0.257. The van der Waals surface area contributed by atoms with Gasteiger partial charge in [0.15, 0.2) is 0 Å². The van der Waals surface area contributed by atoms with Crippen LogP contribution in [0.2, 0.25) is 0 Å². The molecule has 5 atom stereocenters. The van der Waals surface area contributed by atoms with Crippen LogP contribution in [0.4, 0.5) is 35.1 Å². The standard InChI is InChI=1S/C21H19F2N3O2.2C20H17F2N3O2.2C20H18FN3O2/c1-21(5-2-6-24-21)15-4-3-11(7-16(15)23)19-14-10-28-26-20(27)13-8-12(22)9-17(25-19)18(13)14;2*21-11-7-13-18-14(9-27-25-20(13)26)19(24-17(18)8-11)10-3-4-12(15(22)6-10)16-2-1-5-23-16;2*21-15-9-11(6-7-12(15)16-5-2-8-22-16)19-14-10-26-24-20(25)13-3-1-4-17(23-19)18(13)14/h3-4,7-9,24-25H,2,5-6,10H2,1H3,(H,26,27);2*3-4,6-8,16,23-24H,1-2,5,9H2,(H,25,26);2*1,3-4,6-7,9,16,22-23H,2,5,8,10H2,(H,24,25)/t21-;4*16-/m01010/s1/i;;;2*10D2,16D. The van der Waals surface area contributed by atoms with Crippen LogP contribution in [0.15, 0.2) is 164 Å². The number of carbonyl (C=O) groups is 5. The minimum Gasteiger partial charge on any atom is -0.354 e. The van der Waals surface area contributed by atoms with Crippen LogP contribution in [0.25, 0.3) is 111 Å². The highest BCUT2D eigenvalue weighted by molar-refractivity contribution is 6.14. The van der Waals surface area contributed by atoms with Crippen LogP contribution < -0.4 is 54.0 Å². The van der Waals surface area contributed by atoms with Crippen molar-refractivity contribution in [1.29, 1.82) is 0 Å². The second kappa shape index (κ2) is 36.0. The average Bonchev–Trinajstić information content (AvgIpc) is 1.57. The summed E-state index contributed by atoms with van der Waals surface area (Å²) in [5, 5.41) is 18.6. The van der Waals surface area contributed by atoms with Crippen LogP contribution in [0.3, 0.4) is 0 Å². The molecule has 25 rings (SSSR count). The second-order valence-electron chi connectivity index (χ2n) is 34.4. The number of amides is 5. The first kappa shape index (κ1) is 80.0. The van der Waals surface area contributed by atoms with Gasteiger partial charge in [0.2, 0.25) is 0 Å². The Morgan fingerprint density at radius 3 is 1.00 bits per heavy atom. The highest BCUT2D eigenvalue weighted by Gasteiger charge is 2.36. The maximum absolute atomic E-state index is 15.0. The maximum Gasteiger partial charge on any atom is 0.275 e. The van der Waals surface area contributed by atoms with Crippen molar-refractivity contribution in [3.05, 3.63) is 294 Å². The molecule has 5 amide bonds. The molecular weight excluding hydrogens is 1740 g/mol. The number of carbonyl (C=O) groups excluding carboxylic acids is 5. The molecule has 0 spiro atoms. The summed E-state index contributed by atoms with van der Waals surface area (Å²) in [5.74, 6) is -6.12. The van der Waals surface area contributed by atoms with Gasteiger partial charge in [-0.05, 0) is 195 Å². The molecule has 0 unspecified atom stereocenters. The van der Waals surface area contributed by atoms with E-state index in [2.05, 4.69) is 78.9 Å². The molecule has 10 aliphatic heterocycles. The number of benzene rings is 10. The zero-order valence-electron chi connectivity index (χ0n) is 77.6. The summed E-state index contributed by atoms with van der Waals surface area (Å²) < 4.78 is 167. The van der Waals surface area contributed by atoms with E-state index in [1.165, 1.54) is 66.7 Å². The molecule has 5 saturated heterocycles. The Morgan fingerprint density at radius 2 is 0.657 bits per heavy atom. The van der Waals surface area contributed by atoms with Gasteiger partial charge in [-0.2, -0.15) is 0 Å². The van der Waals surface area contributed by atoms with E-state index in [9.17, 15) is 54.7 Å². The van der Waals surface area contributed by atoms with Gasteiger partial charge in [-0.15, -0.1) is 0 Å². The topological polar surface area (TPSA) is 331 Å². The second-order valence-corrected chi connectivity index (χ2v) is 34.4. The number of halogens is 8. The lowest BCUT2D eigenvalue weighted by atomic mass is 9.89. The van der Waals surface area contributed by atoms with E-state index in [1.807, 2.05) is 25.1 Å². The van der Waals surface area contributed by atoms with Gasteiger partial charge in [-0.3, -0.25) is 48.2 Å². The molecule has 10 aliphatic rings. The SMILES string of the molecule is C[C@@]1(c2ccc(-c3[nH]c4cc(F)cc5c4c3CONC5=O)cc2F)CCCN1.O=C1NOCc2c(-c3ccc([C@@H]4CCCN4)c(F)c3)[nH]c3cc(F)cc1c23.O=C1NOCc2c(-c3ccc([C@H]4CCCN4)c(F)c3)[nH]c3cc(F)cc1c23.[2H]C1([2H])ONC(=O)c2cccc3[nH]c(-c4ccc([C@@]5([2H])CCCN5)c(F)c4)c1c23.[2H]C1([2H])ONC(=O)c2cccc3[nH]c(-c4ccc([C@]5([2H])CCCN5)c(F)c4)c1c23. The molecule has 0 radical (unpaired) electrons. The number of rotatable bonds is 10. The van der Waals surface area contributed by atoms with Crippen molar-refractivity contribution in [2.75, 3.05) is 32.7 Å². The van der Waals surface area contributed by atoms with Crippen LogP contribution in [0.5, 0.6) is 0 Å². The monoisotopic (exact) mass is 1830 g/mol. The number of H-pyrrole nitrogens is 5. The Morgan fingerprint density at radius 1 is 0.328 bits per heavy atom. The highest BCUT2D eigenvalue weighted by Crippen LogP contribution is 2.45. The fourth-order valence-electron chi connectivity index (χ4n) is 19.9. The summed E-state index contributed by atoms with van der Waals surface area (Å²) in [5.41, 5.74) is 24.6. The van der Waals surface area contributed by atoms with Crippen LogP contribution >= 0.6 is 0 Å². The van der Waals surface area contributed by atoms with Crippen molar-refractivity contribution in [2.24, 2.45) is 0 Å². The summed E-state index contributed by atoms with van der Waals surface area (Å²) in [6.07, 6.45) is 8.44. The van der Waals surface area contributed by atoms with Gasteiger partial charge < -0.3 is 51.5 Å². The molecule has 25 nitrogen and oxygen atoms in total. The lowest BCUT2D eigenvalue weighted by molar-refractivity contribution is 0.0254. The van der Waals surface area contributed by atoms with Crippen LogP contribution in [0.1, 0.15) is 211 Å². The summed E-state index contributed by atoms with van der Waals surface area (Å²) in [6, 6.07) is 39.7. The van der Waals surface area contributed by atoms with E-state index in [0.717, 1.165) is 71.0 Å². The number of nitrogens with one attached hydrogen (secondary N) is 15. The summed E-state index contributed by atoms with van der Waals surface area (Å²) >= 11 is 0. The Hall–Kier alpha value is -13.7. The zero-order chi connectivity index (χ0) is 97.3. The summed E-state index contributed by atoms with van der Waals surface area (Å²) in [4.78, 5) is 102. The molecule has 10 aromatic carbocycles. The van der Waals surface area contributed by atoms with Gasteiger partial charge >= 0.3 is 0 Å². The maximum atomic E-state index is 15.0. The minimum atomic E-state index is -2.32. The highest BCUT2D eigenvalue weighted by atomic mass is 19.2. The molecule has 134 heavy (non-hydrogen) atoms. The van der Waals surface area contributed by atoms with E-state index in [-0.39, 0.29) is 105 Å². The lowest BCUT2D eigenvalue weighted by Gasteiger charge is -2.25. The van der Waals surface area contributed by atoms with Crippen molar-refractivity contribution in [2.45, 2.75) is 134 Å². The van der Waals surface area contributed by atoms with E-state index < -0.39 is 83.8 Å². The Labute approximate surface area is 767 Å². The Kier molecular flexibility index (Phi) is 21.5. The third kappa shape index (κ3) is 16.3. The molecule has 5 aromatic heterocycles. The molecule has 15 heterocycles. The molecule has 5 fully saturated rings. The number of hydrogen-bond donors (Lipinski definition) is 15. The van der Waals surface area contributed by atoms with Crippen LogP contribution in [0, 0.1) is 46.5 Å². The summed E-state index contributed by atoms with van der Waals surface area (Å²) in [7, 11) is 0. The quantitative estimate of drug-likeness (QED) is 0.0566. The summed E-state index contributed by atoms with van der Waals surface area (Å²) in [6.45, 7) is 1.66. The number of hydrogen-bond acceptors (Lipinski definition) is 15. The molecule has 15 aromatic rings. The molecule has 684 valence electrons. The first-order chi connectivity index (χ1) is 67.3. The molecule has 0 saturated carbocycles. The Balaban J connectivity index is 0.000000104. The predicted molar refractivity (Wildman–Crippen MR) is 484 cm³/mol. The van der Waals surface area contributed by atoms with Crippen molar-refractivity contribution >= 4 is 84.1 Å². The van der Waals surface area contributed by atoms with Crippen molar-refractivity contribution in [1.82, 2.24) is 78.9 Å². The molecule has 15 N–H and O–H groups in total. The van der Waals surface area contributed by atoms with Crippen LogP contribution in [-0.2, 0) is 62.7 Å². The number of hydroxylamine groups is 5. The predicted octanol–water partition coefficient (Wildman–Crippen LogP) is 18.5. The minimum absolute atomic E-state index is 0.0363. The van der Waals surface area contributed by atoms with E-state index >= 15 is 4.39 Å². The van der Waals surface area contributed by atoms with E-state index in [0.29, 0.717) is 170 Å². The van der Waals surface area contributed by atoms with Gasteiger partial charge in [0.05, 0.1) is 64.5 Å². The van der Waals surface area contributed by atoms with Gasteiger partial charge in [-0.25, -0.2) is 62.5 Å². The van der Waals surface area contributed by atoms with E-state index in [4.69, 9.17) is 32.4 Å². The van der Waals surface area contributed by atoms with Gasteiger partial charge in [0, 0.05) is 168 Å². The normalized spacial score (nSPS) is 22.4. The average molecular weight is 1830 g/mol. The molecular formula is C101H89F8N15O10. The largest absolute Gasteiger partial charge is 0.354 e. The number of aromatic nitrogens is 5. The third-order valence-corrected chi connectivity index (χ3v) is 26.2. The van der Waals surface area contributed by atoms with Crippen LogP contribution in [-0.4, -0.2) is 87.2 Å². The zero-order valence-corrected chi connectivity index (χ0v) is 71.6. The Bertz CT molecular complexity index is 7280. The van der Waals surface area contributed by atoms with Gasteiger partial charge in [-0.1, -0.05) is 72.8 Å². The van der Waals surface area contributed by atoms with Gasteiger partial charge in [0.25, 0.3) is 29.5 Å². The molecule has 33 heteroatoms. The first-order valence-electron chi connectivity index (χ1n) is 47.1.